The van der Waals surface area contributed by atoms with Crippen molar-refractivity contribution in [2.24, 2.45) is 0 Å². The molecule has 0 aliphatic heterocycles. The van der Waals surface area contributed by atoms with Gasteiger partial charge in [-0.05, 0) is 42.7 Å². The molecule has 1 N–H and O–H groups in total. The zero-order chi connectivity index (χ0) is 15.8. The third-order valence-corrected chi connectivity index (χ3v) is 3.24. The molecule has 1 aromatic carbocycles. The fraction of sp³-hybridized carbons (Fsp3) is 0.278. The first-order valence-electron chi connectivity index (χ1n) is 7.45. The van der Waals surface area contributed by atoms with E-state index in [0.29, 0.717) is 19.6 Å². The van der Waals surface area contributed by atoms with Crippen molar-refractivity contribution in [1.82, 2.24) is 4.57 Å². The molecule has 22 heavy (non-hydrogen) atoms. The van der Waals surface area contributed by atoms with E-state index in [2.05, 4.69) is 0 Å². The lowest BCUT2D eigenvalue weighted by Crippen LogP contribution is -2.19. The minimum Gasteiger partial charge on any atom is -0.494 e. The Kier molecular flexibility index (Phi) is 5.98. The van der Waals surface area contributed by atoms with Gasteiger partial charge in [-0.15, -0.1) is 0 Å². The molecule has 4 heteroatoms. The molecule has 0 atom stereocenters. The Morgan fingerprint density at radius 3 is 2.50 bits per heavy atom. The lowest BCUT2D eigenvalue weighted by atomic mass is 10.1. The molecule has 0 unspecified atom stereocenters. The molecule has 0 saturated heterocycles. The van der Waals surface area contributed by atoms with Gasteiger partial charge in [0.2, 0.25) is 0 Å². The van der Waals surface area contributed by atoms with Gasteiger partial charge in [0.15, 0.2) is 0 Å². The van der Waals surface area contributed by atoms with Gasteiger partial charge in [0.1, 0.15) is 5.75 Å². The van der Waals surface area contributed by atoms with Crippen molar-refractivity contribution in [3.63, 3.8) is 0 Å². The third-order valence-electron chi connectivity index (χ3n) is 3.24. The fourth-order valence-electron chi connectivity index (χ4n) is 2.09. The highest BCUT2D eigenvalue weighted by atomic mass is 16.5. The van der Waals surface area contributed by atoms with Crippen LogP contribution in [0.15, 0.2) is 47.4 Å². The van der Waals surface area contributed by atoms with Gasteiger partial charge >= 0.3 is 0 Å². The van der Waals surface area contributed by atoms with Gasteiger partial charge in [0.25, 0.3) is 5.56 Å². The predicted molar refractivity (Wildman–Crippen MR) is 88.9 cm³/mol. The first-order chi connectivity index (χ1) is 10.7. The summed E-state index contributed by atoms with van der Waals surface area (Å²) in [6, 6.07) is 11.3. The van der Waals surface area contributed by atoms with E-state index in [1.165, 1.54) is 0 Å². The van der Waals surface area contributed by atoms with Gasteiger partial charge in [0.05, 0.1) is 6.61 Å². The van der Waals surface area contributed by atoms with Crippen LogP contribution in [0.4, 0.5) is 0 Å². The van der Waals surface area contributed by atoms with Crippen molar-refractivity contribution in [3.8, 4) is 5.75 Å². The zero-order valence-electron chi connectivity index (χ0n) is 12.7. The monoisotopic (exact) mass is 299 g/mol. The fourth-order valence-corrected chi connectivity index (χ4v) is 2.09. The average Bonchev–Trinajstić information content (AvgIpc) is 2.54. The van der Waals surface area contributed by atoms with Crippen LogP contribution in [0.3, 0.4) is 0 Å². The van der Waals surface area contributed by atoms with E-state index in [4.69, 9.17) is 9.84 Å². The number of aliphatic hydroxyl groups is 1. The lowest BCUT2D eigenvalue weighted by molar-refractivity contribution is 0.279. The number of benzene rings is 1. The molecule has 2 aromatic rings. The van der Waals surface area contributed by atoms with Crippen molar-refractivity contribution in [2.45, 2.75) is 19.9 Å². The predicted octanol–water partition coefficient (Wildman–Crippen LogP) is 2.80. The molecule has 0 radical (unpaired) electrons. The maximum atomic E-state index is 11.9. The summed E-state index contributed by atoms with van der Waals surface area (Å²) in [5.41, 5.74) is 1.86. The first-order valence-corrected chi connectivity index (χ1v) is 7.45. The number of nitrogens with zero attached hydrogens (tertiary/aromatic N) is 1. The maximum Gasteiger partial charge on any atom is 0.251 e. The molecule has 0 spiro atoms. The summed E-state index contributed by atoms with van der Waals surface area (Å²) in [6.45, 7) is 3.24. The summed E-state index contributed by atoms with van der Waals surface area (Å²) in [7, 11) is 0. The quantitative estimate of drug-likeness (QED) is 0.855. The molecule has 0 fully saturated rings. The second kappa shape index (κ2) is 8.20. The molecule has 4 nitrogen and oxygen atoms in total. The molecule has 116 valence electrons. The van der Waals surface area contributed by atoms with Crippen LogP contribution in [0.25, 0.3) is 12.2 Å². The van der Waals surface area contributed by atoms with E-state index in [0.717, 1.165) is 16.9 Å². The number of aromatic nitrogens is 1. The SMILES string of the molecule is CCOc1ccc(/C=C/c2ccn(CCCO)c(=O)c2)cc1. The number of aliphatic hydroxyl groups excluding tert-OH is 1. The Bertz CT molecular complexity index is 671. The molecule has 1 aromatic heterocycles. The van der Waals surface area contributed by atoms with Crippen molar-refractivity contribution in [1.29, 1.82) is 0 Å². The van der Waals surface area contributed by atoms with Crippen LogP contribution in [0.1, 0.15) is 24.5 Å². The van der Waals surface area contributed by atoms with Crippen LogP contribution in [-0.2, 0) is 6.54 Å². The van der Waals surface area contributed by atoms with Crippen LogP contribution in [0, 0.1) is 0 Å². The first kappa shape index (κ1) is 16.0. The number of hydrogen-bond acceptors (Lipinski definition) is 3. The van der Waals surface area contributed by atoms with Crippen LogP contribution in [-0.4, -0.2) is 22.9 Å². The minimum atomic E-state index is -0.0534. The maximum absolute atomic E-state index is 11.9. The van der Waals surface area contributed by atoms with E-state index < -0.39 is 0 Å². The van der Waals surface area contributed by atoms with Crippen molar-refractivity contribution in [3.05, 3.63) is 64.1 Å². The summed E-state index contributed by atoms with van der Waals surface area (Å²) in [5, 5.41) is 8.80. The van der Waals surface area contributed by atoms with Crippen LogP contribution < -0.4 is 10.3 Å². The molecular formula is C18H21NO3. The van der Waals surface area contributed by atoms with Crippen molar-refractivity contribution < 1.29 is 9.84 Å². The molecule has 0 aliphatic rings. The molecular weight excluding hydrogens is 278 g/mol. The smallest absolute Gasteiger partial charge is 0.251 e. The van der Waals surface area contributed by atoms with E-state index in [1.54, 1.807) is 16.8 Å². The van der Waals surface area contributed by atoms with Gasteiger partial charge in [-0.25, -0.2) is 0 Å². The van der Waals surface area contributed by atoms with Crippen molar-refractivity contribution >= 4 is 12.2 Å². The standard InChI is InChI=1S/C18H21NO3/c1-2-22-17-8-6-15(7-9-17)4-5-16-10-12-19(11-3-13-20)18(21)14-16/h4-10,12,14,20H,2-3,11,13H2,1H3/b5-4+. The largest absolute Gasteiger partial charge is 0.494 e. The third kappa shape index (κ3) is 4.60. The molecule has 1 heterocycles. The van der Waals surface area contributed by atoms with Crippen LogP contribution >= 0.6 is 0 Å². The van der Waals surface area contributed by atoms with E-state index in [-0.39, 0.29) is 12.2 Å². The lowest BCUT2D eigenvalue weighted by Gasteiger charge is -2.04. The summed E-state index contributed by atoms with van der Waals surface area (Å²) >= 11 is 0. The minimum absolute atomic E-state index is 0.0534. The molecule has 0 amide bonds. The normalized spacial score (nSPS) is 11.0. The average molecular weight is 299 g/mol. The highest BCUT2D eigenvalue weighted by Gasteiger charge is 1.97. The molecule has 2 rings (SSSR count). The Balaban J connectivity index is 2.06. The topological polar surface area (TPSA) is 51.5 Å². The summed E-state index contributed by atoms with van der Waals surface area (Å²) < 4.78 is 7.00. The van der Waals surface area contributed by atoms with Crippen molar-refractivity contribution in [2.75, 3.05) is 13.2 Å². The van der Waals surface area contributed by atoms with Gasteiger partial charge in [-0.3, -0.25) is 4.79 Å². The zero-order valence-corrected chi connectivity index (χ0v) is 12.7. The summed E-state index contributed by atoms with van der Waals surface area (Å²) in [5.74, 6) is 0.853. The van der Waals surface area contributed by atoms with Gasteiger partial charge in [-0.2, -0.15) is 0 Å². The number of pyridine rings is 1. The number of hydrogen-bond donors (Lipinski definition) is 1. The highest BCUT2D eigenvalue weighted by molar-refractivity contribution is 5.69. The van der Waals surface area contributed by atoms with E-state index >= 15 is 0 Å². The summed E-state index contributed by atoms with van der Waals surface area (Å²) in [6.07, 6.45) is 6.22. The molecule has 0 saturated carbocycles. The van der Waals surface area contributed by atoms with Gasteiger partial charge in [0, 0.05) is 25.4 Å². The van der Waals surface area contributed by atoms with Crippen LogP contribution in [0.5, 0.6) is 5.75 Å². The van der Waals surface area contributed by atoms with E-state index in [9.17, 15) is 4.79 Å². The summed E-state index contributed by atoms with van der Waals surface area (Å²) in [4.78, 5) is 11.9. The molecule has 0 bridgehead atoms. The second-order valence-electron chi connectivity index (χ2n) is 4.90. The highest BCUT2D eigenvalue weighted by Crippen LogP contribution is 2.14. The van der Waals surface area contributed by atoms with E-state index in [1.807, 2.05) is 49.4 Å². The number of ether oxygens (including phenoxy) is 1. The van der Waals surface area contributed by atoms with Gasteiger partial charge < -0.3 is 14.4 Å². The van der Waals surface area contributed by atoms with Crippen LogP contribution in [0.2, 0.25) is 0 Å². The Hall–Kier alpha value is -2.33. The van der Waals surface area contributed by atoms with Gasteiger partial charge in [-0.1, -0.05) is 24.3 Å². The second-order valence-corrected chi connectivity index (χ2v) is 4.90. The Morgan fingerprint density at radius 2 is 1.86 bits per heavy atom. The molecule has 0 aliphatic carbocycles. The number of rotatable bonds is 7. The Morgan fingerprint density at radius 1 is 1.14 bits per heavy atom. The number of aryl methyl sites for hydroxylation is 1. The Labute approximate surface area is 130 Å².